The van der Waals surface area contributed by atoms with E-state index in [0.29, 0.717) is 18.7 Å². The second-order valence-corrected chi connectivity index (χ2v) is 4.69. The summed E-state index contributed by atoms with van der Waals surface area (Å²) in [7, 11) is 0. The van der Waals surface area contributed by atoms with Crippen molar-refractivity contribution in [2.45, 2.75) is 6.42 Å². The van der Waals surface area contributed by atoms with Crippen molar-refractivity contribution >= 4 is 22.8 Å². The normalized spacial score (nSPS) is 18.9. The third-order valence-electron chi connectivity index (χ3n) is 3.50. The van der Waals surface area contributed by atoms with Crippen LogP contribution in [0.4, 0.5) is 0 Å². The Kier molecular flexibility index (Phi) is 2.70. The maximum atomic E-state index is 12.3. The van der Waals surface area contributed by atoms with Gasteiger partial charge < -0.3 is 10.0 Å². The van der Waals surface area contributed by atoms with Crippen molar-refractivity contribution in [2.24, 2.45) is 5.92 Å². The van der Waals surface area contributed by atoms with E-state index in [1.165, 1.54) is 0 Å². The van der Waals surface area contributed by atoms with Gasteiger partial charge in [-0.25, -0.2) is 0 Å². The number of amides is 1. The lowest BCUT2D eigenvalue weighted by Crippen LogP contribution is -2.30. The highest BCUT2D eigenvalue weighted by Crippen LogP contribution is 2.22. The third-order valence-corrected chi connectivity index (χ3v) is 3.50. The molecule has 1 aromatic heterocycles. The number of aliphatic carboxylic acids is 1. The summed E-state index contributed by atoms with van der Waals surface area (Å²) in [4.78, 5) is 24.8. The van der Waals surface area contributed by atoms with Crippen LogP contribution in [0, 0.1) is 5.92 Å². The fraction of sp³-hybridized carbons (Fsp3) is 0.308. The van der Waals surface area contributed by atoms with Gasteiger partial charge >= 0.3 is 5.97 Å². The first-order valence-electron chi connectivity index (χ1n) is 6.12. The minimum Gasteiger partial charge on any atom is -0.481 e. The van der Waals surface area contributed by atoms with Gasteiger partial charge in [0.2, 0.25) is 0 Å². The number of H-pyrrole nitrogens is 1. The van der Waals surface area contributed by atoms with Crippen LogP contribution in [0.15, 0.2) is 24.3 Å². The van der Waals surface area contributed by atoms with Crippen molar-refractivity contribution in [3.05, 3.63) is 30.0 Å². The van der Waals surface area contributed by atoms with Gasteiger partial charge in [-0.3, -0.25) is 14.7 Å². The van der Waals surface area contributed by atoms with Crippen LogP contribution in [-0.2, 0) is 4.79 Å². The van der Waals surface area contributed by atoms with E-state index >= 15 is 0 Å². The molecule has 6 nitrogen and oxygen atoms in total. The highest BCUT2D eigenvalue weighted by molar-refractivity contribution is 6.04. The lowest BCUT2D eigenvalue weighted by Gasteiger charge is -2.14. The summed E-state index contributed by atoms with van der Waals surface area (Å²) >= 11 is 0. The van der Waals surface area contributed by atoms with Crippen LogP contribution in [0.1, 0.15) is 16.9 Å². The summed E-state index contributed by atoms with van der Waals surface area (Å²) in [6.45, 7) is 0.729. The molecule has 2 heterocycles. The number of carboxylic acid groups (broad SMARTS) is 1. The van der Waals surface area contributed by atoms with Crippen molar-refractivity contribution in [1.29, 1.82) is 0 Å². The Balaban J connectivity index is 1.87. The van der Waals surface area contributed by atoms with Crippen LogP contribution in [0.3, 0.4) is 0 Å². The molecule has 0 radical (unpaired) electrons. The lowest BCUT2D eigenvalue weighted by molar-refractivity contribution is -0.141. The molecule has 0 spiro atoms. The zero-order valence-electron chi connectivity index (χ0n) is 10.2. The molecule has 98 valence electrons. The largest absolute Gasteiger partial charge is 0.481 e. The summed E-state index contributed by atoms with van der Waals surface area (Å²) in [6.07, 6.45) is 0.503. The number of likely N-dealkylation sites (tertiary alicyclic amines) is 1. The Hall–Kier alpha value is -2.37. The minimum atomic E-state index is -0.845. The first-order valence-corrected chi connectivity index (χ1v) is 6.12. The predicted molar refractivity (Wildman–Crippen MR) is 67.7 cm³/mol. The van der Waals surface area contributed by atoms with Crippen molar-refractivity contribution < 1.29 is 14.7 Å². The van der Waals surface area contributed by atoms with E-state index in [0.717, 1.165) is 10.9 Å². The number of fused-ring (bicyclic) bond motifs is 1. The number of carbonyl (C=O) groups excluding carboxylic acids is 1. The number of rotatable bonds is 2. The van der Waals surface area contributed by atoms with Gasteiger partial charge in [0.05, 0.1) is 11.4 Å². The maximum absolute atomic E-state index is 12.3. The Morgan fingerprint density at radius 3 is 2.89 bits per heavy atom. The fourth-order valence-corrected chi connectivity index (χ4v) is 2.42. The summed E-state index contributed by atoms with van der Waals surface area (Å²) in [5, 5.41) is 16.6. The van der Waals surface area contributed by atoms with Crippen LogP contribution in [0.2, 0.25) is 0 Å². The topological polar surface area (TPSA) is 86.3 Å². The van der Waals surface area contributed by atoms with E-state index in [-0.39, 0.29) is 12.5 Å². The Labute approximate surface area is 109 Å². The van der Waals surface area contributed by atoms with Gasteiger partial charge in [0.1, 0.15) is 0 Å². The molecule has 0 aliphatic carbocycles. The van der Waals surface area contributed by atoms with Crippen LogP contribution in [0.5, 0.6) is 0 Å². The first kappa shape index (κ1) is 11.7. The molecule has 1 atom stereocenters. The van der Waals surface area contributed by atoms with Crippen LogP contribution >= 0.6 is 0 Å². The predicted octanol–water partition coefficient (Wildman–Crippen LogP) is 1.11. The van der Waals surface area contributed by atoms with Crippen LogP contribution in [0.25, 0.3) is 10.9 Å². The Bertz CT molecular complexity index is 649. The zero-order valence-corrected chi connectivity index (χ0v) is 10.2. The molecule has 6 heteroatoms. The van der Waals surface area contributed by atoms with Crippen molar-refractivity contribution in [3.8, 4) is 0 Å². The summed E-state index contributed by atoms with van der Waals surface area (Å²) in [5.41, 5.74) is 1.17. The Morgan fingerprint density at radius 2 is 2.16 bits per heavy atom. The number of nitrogens with zero attached hydrogens (tertiary/aromatic N) is 2. The maximum Gasteiger partial charge on any atom is 0.308 e. The van der Waals surface area contributed by atoms with E-state index in [1.807, 2.05) is 24.3 Å². The van der Waals surface area contributed by atoms with Crippen molar-refractivity contribution in [2.75, 3.05) is 13.1 Å². The van der Waals surface area contributed by atoms with E-state index in [1.54, 1.807) is 4.90 Å². The third kappa shape index (κ3) is 1.95. The quantitative estimate of drug-likeness (QED) is 0.845. The minimum absolute atomic E-state index is 0.207. The van der Waals surface area contributed by atoms with Gasteiger partial charge in [-0.2, -0.15) is 5.10 Å². The molecule has 0 saturated carbocycles. The van der Waals surface area contributed by atoms with Gasteiger partial charge in [-0.1, -0.05) is 18.2 Å². The van der Waals surface area contributed by atoms with Gasteiger partial charge in [0.15, 0.2) is 5.69 Å². The lowest BCUT2D eigenvalue weighted by atomic mass is 10.1. The fourth-order valence-electron chi connectivity index (χ4n) is 2.42. The SMILES string of the molecule is O=C(O)[C@@H]1CCN(C(=O)c2n[nH]c3ccccc23)C1. The number of hydrogen-bond donors (Lipinski definition) is 2. The van der Waals surface area contributed by atoms with Crippen molar-refractivity contribution in [1.82, 2.24) is 15.1 Å². The highest BCUT2D eigenvalue weighted by atomic mass is 16.4. The van der Waals surface area contributed by atoms with Gasteiger partial charge in [-0.05, 0) is 12.5 Å². The first-order chi connectivity index (χ1) is 9.16. The molecule has 1 saturated heterocycles. The molecule has 19 heavy (non-hydrogen) atoms. The molecule has 3 rings (SSSR count). The van der Waals surface area contributed by atoms with Gasteiger partial charge in [0.25, 0.3) is 5.91 Å². The number of nitrogens with one attached hydrogen (secondary N) is 1. The van der Waals surface area contributed by atoms with Crippen molar-refractivity contribution in [3.63, 3.8) is 0 Å². The van der Waals surface area contributed by atoms with E-state index in [2.05, 4.69) is 10.2 Å². The van der Waals surface area contributed by atoms with E-state index in [9.17, 15) is 9.59 Å². The Morgan fingerprint density at radius 1 is 1.37 bits per heavy atom. The zero-order chi connectivity index (χ0) is 13.4. The number of carboxylic acids is 1. The summed E-state index contributed by atoms with van der Waals surface area (Å²) < 4.78 is 0. The average Bonchev–Trinajstić information content (AvgIpc) is 3.05. The van der Waals surface area contributed by atoms with E-state index < -0.39 is 11.9 Å². The molecule has 2 aromatic rings. The van der Waals surface area contributed by atoms with Gasteiger partial charge in [-0.15, -0.1) is 0 Å². The van der Waals surface area contributed by atoms with Crippen LogP contribution in [-0.4, -0.2) is 45.2 Å². The number of hydrogen-bond acceptors (Lipinski definition) is 3. The highest BCUT2D eigenvalue weighted by Gasteiger charge is 2.32. The molecule has 1 aliphatic rings. The number of aromatic nitrogens is 2. The number of aromatic amines is 1. The molecular formula is C13H13N3O3. The smallest absolute Gasteiger partial charge is 0.308 e. The monoisotopic (exact) mass is 259 g/mol. The molecule has 1 aromatic carbocycles. The van der Waals surface area contributed by atoms with Crippen LogP contribution < -0.4 is 0 Å². The van der Waals surface area contributed by atoms with E-state index in [4.69, 9.17) is 5.11 Å². The number of benzene rings is 1. The number of para-hydroxylation sites is 1. The molecule has 2 N–H and O–H groups in total. The molecular weight excluding hydrogens is 246 g/mol. The molecule has 1 amide bonds. The number of carbonyl (C=O) groups is 2. The second kappa shape index (κ2) is 4.38. The summed E-state index contributed by atoms with van der Waals surface area (Å²) in [6, 6.07) is 7.39. The summed E-state index contributed by atoms with van der Waals surface area (Å²) in [5.74, 6) is -1.52. The molecule has 1 fully saturated rings. The van der Waals surface area contributed by atoms with Gasteiger partial charge in [0, 0.05) is 18.5 Å². The second-order valence-electron chi connectivity index (χ2n) is 4.69. The molecule has 0 unspecified atom stereocenters. The molecule has 0 bridgehead atoms. The molecule has 1 aliphatic heterocycles. The standard InChI is InChI=1S/C13H13N3O3/c17-12(16-6-5-8(7-16)13(18)19)11-9-3-1-2-4-10(9)14-15-11/h1-4,8H,5-7H2,(H,14,15)(H,18,19)/t8-/m1/s1. The average molecular weight is 259 g/mol.